The molecule has 2 atom stereocenters. The SMILES string of the molecule is NC(c1ccc(Cl)c(Cl)c1)C(O)c1ccc(I)cc1.O=C(O)C(F)(F)F. The second-order valence-corrected chi connectivity index (χ2v) is 7.06. The number of aliphatic carboxylic acids is 1. The van der Waals surface area contributed by atoms with Crippen LogP contribution in [0.5, 0.6) is 0 Å². The van der Waals surface area contributed by atoms with Gasteiger partial charge in [0.05, 0.1) is 22.2 Å². The summed E-state index contributed by atoms with van der Waals surface area (Å²) in [6.07, 6.45) is -5.87. The molecule has 2 rings (SSSR count). The second-order valence-electron chi connectivity index (χ2n) is 5.00. The fourth-order valence-electron chi connectivity index (χ4n) is 1.77. The number of alkyl halides is 3. The summed E-state index contributed by atoms with van der Waals surface area (Å²) in [5.41, 5.74) is 7.60. The minimum absolute atomic E-state index is 0.435. The molecule has 26 heavy (non-hydrogen) atoms. The summed E-state index contributed by atoms with van der Waals surface area (Å²) >= 11 is 14.0. The number of nitrogens with two attached hydrogens (primary N) is 1. The summed E-state index contributed by atoms with van der Waals surface area (Å²) in [7, 11) is 0. The minimum atomic E-state index is -5.08. The van der Waals surface area contributed by atoms with E-state index in [1.165, 1.54) is 0 Å². The highest BCUT2D eigenvalue weighted by atomic mass is 127. The van der Waals surface area contributed by atoms with Crippen molar-refractivity contribution in [3.63, 3.8) is 0 Å². The Morgan fingerprint density at radius 3 is 1.92 bits per heavy atom. The van der Waals surface area contributed by atoms with E-state index in [2.05, 4.69) is 22.6 Å². The molecule has 0 spiro atoms. The van der Waals surface area contributed by atoms with E-state index in [0.29, 0.717) is 10.0 Å². The molecule has 142 valence electrons. The van der Waals surface area contributed by atoms with E-state index in [4.69, 9.17) is 38.8 Å². The van der Waals surface area contributed by atoms with Gasteiger partial charge in [0.1, 0.15) is 0 Å². The molecule has 2 aromatic carbocycles. The normalized spacial score (nSPS) is 13.4. The maximum absolute atomic E-state index is 10.6. The largest absolute Gasteiger partial charge is 0.490 e. The van der Waals surface area contributed by atoms with Gasteiger partial charge in [-0.15, -0.1) is 0 Å². The van der Waals surface area contributed by atoms with Crippen LogP contribution in [0.2, 0.25) is 10.0 Å². The molecule has 0 aliphatic carbocycles. The third-order valence-electron chi connectivity index (χ3n) is 3.12. The number of hydrogen-bond acceptors (Lipinski definition) is 3. The van der Waals surface area contributed by atoms with Gasteiger partial charge in [-0.2, -0.15) is 13.2 Å². The zero-order chi connectivity index (χ0) is 20.1. The van der Waals surface area contributed by atoms with Crippen molar-refractivity contribution in [1.29, 1.82) is 0 Å². The van der Waals surface area contributed by atoms with Gasteiger partial charge in [-0.1, -0.05) is 41.4 Å². The molecule has 0 bridgehead atoms. The van der Waals surface area contributed by atoms with Crippen LogP contribution in [-0.2, 0) is 4.79 Å². The van der Waals surface area contributed by atoms with Crippen LogP contribution in [-0.4, -0.2) is 22.4 Å². The number of rotatable bonds is 3. The van der Waals surface area contributed by atoms with E-state index in [9.17, 15) is 18.3 Å². The molecule has 2 unspecified atom stereocenters. The van der Waals surface area contributed by atoms with Crippen molar-refractivity contribution in [3.05, 3.63) is 67.2 Å². The monoisotopic (exact) mass is 521 g/mol. The Morgan fingerprint density at radius 1 is 1.04 bits per heavy atom. The number of carboxylic acids is 1. The van der Waals surface area contributed by atoms with E-state index in [-0.39, 0.29) is 0 Å². The van der Waals surface area contributed by atoms with E-state index >= 15 is 0 Å². The molecule has 2 aromatic rings. The van der Waals surface area contributed by atoms with Crippen LogP contribution in [0.1, 0.15) is 23.3 Å². The summed E-state index contributed by atoms with van der Waals surface area (Å²) in [5, 5.41) is 18.3. The van der Waals surface area contributed by atoms with Gasteiger partial charge >= 0.3 is 12.1 Å². The lowest BCUT2D eigenvalue weighted by Crippen LogP contribution is -2.21. The van der Waals surface area contributed by atoms with Crippen molar-refractivity contribution in [3.8, 4) is 0 Å². The highest BCUT2D eigenvalue weighted by molar-refractivity contribution is 14.1. The Balaban J connectivity index is 0.000000412. The van der Waals surface area contributed by atoms with Crippen LogP contribution < -0.4 is 5.73 Å². The molecular formula is C16H13Cl2F3INO3. The standard InChI is InChI=1S/C14H12Cl2INO.C2HF3O2/c15-11-6-3-9(7-12(11)16)13(18)14(19)8-1-4-10(17)5-2-8;3-2(4,5)1(6)7/h1-7,13-14,19H,18H2;(H,6,7). The van der Waals surface area contributed by atoms with E-state index in [1.54, 1.807) is 18.2 Å². The quantitative estimate of drug-likeness (QED) is 0.498. The van der Waals surface area contributed by atoms with Crippen LogP contribution in [0.4, 0.5) is 13.2 Å². The number of carbonyl (C=O) groups is 1. The van der Waals surface area contributed by atoms with Crippen molar-refractivity contribution in [2.45, 2.75) is 18.3 Å². The maximum Gasteiger partial charge on any atom is 0.490 e. The number of aliphatic hydroxyl groups excluding tert-OH is 1. The van der Waals surface area contributed by atoms with Crippen LogP contribution in [0, 0.1) is 3.57 Å². The van der Waals surface area contributed by atoms with Gasteiger partial charge < -0.3 is 15.9 Å². The van der Waals surface area contributed by atoms with Crippen molar-refractivity contribution < 1.29 is 28.2 Å². The first-order valence-electron chi connectivity index (χ1n) is 6.87. The van der Waals surface area contributed by atoms with Gasteiger partial charge in [0.25, 0.3) is 0 Å². The number of aliphatic hydroxyl groups is 1. The van der Waals surface area contributed by atoms with Gasteiger partial charge in [-0.25, -0.2) is 4.79 Å². The predicted molar refractivity (Wildman–Crippen MR) is 101 cm³/mol. The lowest BCUT2D eigenvalue weighted by Gasteiger charge is -2.20. The zero-order valence-corrected chi connectivity index (χ0v) is 16.5. The molecule has 0 amide bonds. The molecule has 0 heterocycles. The third-order valence-corrected chi connectivity index (χ3v) is 4.58. The third kappa shape index (κ3) is 6.92. The molecule has 0 aliphatic rings. The summed E-state index contributed by atoms with van der Waals surface area (Å²) in [5.74, 6) is -2.76. The number of carboxylic acid groups (broad SMARTS) is 1. The van der Waals surface area contributed by atoms with Gasteiger partial charge in [-0.05, 0) is 58.0 Å². The molecule has 0 aromatic heterocycles. The van der Waals surface area contributed by atoms with Crippen molar-refractivity contribution in [2.24, 2.45) is 5.73 Å². The average molecular weight is 522 g/mol. The molecular weight excluding hydrogens is 509 g/mol. The molecule has 10 heteroatoms. The first-order valence-corrected chi connectivity index (χ1v) is 8.71. The summed E-state index contributed by atoms with van der Waals surface area (Å²) in [4.78, 5) is 8.90. The highest BCUT2D eigenvalue weighted by Crippen LogP contribution is 2.31. The fourth-order valence-corrected chi connectivity index (χ4v) is 2.44. The first kappa shape index (κ1) is 23.0. The maximum atomic E-state index is 10.6. The molecule has 0 saturated carbocycles. The number of benzene rings is 2. The van der Waals surface area contributed by atoms with Gasteiger partial charge in [-0.3, -0.25) is 0 Å². The van der Waals surface area contributed by atoms with Crippen molar-refractivity contribution in [1.82, 2.24) is 0 Å². The summed E-state index contributed by atoms with van der Waals surface area (Å²) < 4.78 is 32.8. The minimum Gasteiger partial charge on any atom is -0.475 e. The first-order chi connectivity index (χ1) is 11.9. The number of halogens is 6. The Hall–Kier alpha value is -1.07. The van der Waals surface area contributed by atoms with Crippen LogP contribution in [0.3, 0.4) is 0 Å². The van der Waals surface area contributed by atoms with Crippen LogP contribution >= 0.6 is 45.8 Å². The van der Waals surface area contributed by atoms with Crippen molar-refractivity contribution >= 4 is 51.8 Å². The van der Waals surface area contributed by atoms with Crippen LogP contribution in [0.25, 0.3) is 0 Å². The number of hydrogen-bond donors (Lipinski definition) is 3. The molecule has 4 N–H and O–H groups in total. The van der Waals surface area contributed by atoms with E-state index < -0.39 is 24.3 Å². The van der Waals surface area contributed by atoms with Crippen molar-refractivity contribution in [2.75, 3.05) is 0 Å². The molecule has 0 aliphatic heterocycles. The average Bonchev–Trinajstić information content (AvgIpc) is 2.56. The Labute approximate surface area is 170 Å². The smallest absolute Gasteiger partial charge is 0.475 e. The summed E-state index contributed by atoms with van der Waals surface area (Å²) in [6, 6.07) is 12.2. The second kappa shape index (κ2) is 9.75. The fraction of sp³-hybridized carbons (Fsp3) is 0.188. The summed E-state index contributed by atoms with van der Waals surface area (Å²) in [6.45, 7) is 0. The molecule has 0 radical (unpaired) electrons. The predicted octanol–water partition coefficient (Wildman–Crippen LogP) is 4.96. The Kier molecular flexibility index (Phi) is 8.61. The molecule has 4 nitrogen and oxygen atoms in total. The Bertz CT molecular complexity index is 757. The highest BCUT2D eigenvalue weighted by Gasteiger charge is 2.38. The Morgan fingerprint density at radius 2 is 1.50 bits per heavy atom. The van der Waals surface area contributed by atoms with Gasteiger partial charge in [0.15, 0.2) is 0 Å². The molecule has 0 saturated heterocycles. The molecule has 0 fully saturated rings. The van der Waals surface area contributed by atoms with Crippen LogP contribution in [0.15, 0.2) is 42.5 Å². The van der Waals surface area contributed by atoms with Gasteiger partial charge in [0.2, 0.25) is 0 Å². The van der Waals surface area contributed by atoms with Gasteiger partial charge in [0, 0.05) is 3.57 Å². The van der Waals surface area contributed by atoms with E-state index in [1.807, 2.05) is 24.3 Å². The van der Waals surface area contributed by atoms with E-state index in [0.717, 1.165) is 14.7 Å². The zero-order valence-electron chi connectivity index (χ0n) is 12.8. The lowest BCUT2D eigenvalue weighted by molar-refractivity contribution is -0.192. The topological polar surface area (TPSA) is 83.5 Å². The lowest BCUT2D eigenvalue weighted by atomic mass is 9.97.